The summed E-state index contributed by atoms with van der Waals surface area (Å²) in [7, 11) is 0. The molecule has 6 heteroatoms. The van der Waals surface area contributed by atoms with Crippen LogP contribution in [0.2, 0.25) is 0 Å². The highest BCUT2D eigenvalue weighted by Gasteiger charge is 2.41. The number of rotatable bonds is 5. The topological polar surface area (TPSA) is 49.4 Å². The van der Waals surface area contributed by atoms with Crippen LogP contribution in [0.3, 0.4) is 0 Å². The molecular formula is C12H20F2N2O2. The molecule has 0 aromatic carbocycles. The molecule has 0 aliphatic carbocycles. The summed E-state index contributed by atoms with van der Waals surface area (Å²) >= 11 is 0. The second-order valence-corrected chi connectivity index (χ2v) is 4.92. The van der Waals surface area contributed by atoms with Gasteiger partial charge in [-0.25, -0.2) is 8.78 Å². The van der Waals surface area contributed by atoms with Crippen LogP contribution in [-0.4, -0.2) is 41.8 Å². The van der Waals surface area contributed by atoms with E-state index < -0.39 is 31.0 Å². The molecule has 0 spiro atoms. The first kappa shape index (κ1) is 14.9. The van der Waals surface area contributed by atoms with E-state index in [1.807, 2.05) is 6.92 Å². The number of amides is 2. The molecule has 0 aromatic rings. The van der Waals surface area contributed by atoms with Crippen LogP contribution in [0, 0.1) is 5.92 Å². The van der Waals surface area contributed by atoms with E-state index in [0.717, 1.165) is 4.90 Å². The average molecular weight is 262 g/mol. The number of piperazine rings is 1. The monoisotopic (exact) mass is 262 g/mol. The Morgan fingerprint density at radius 2 is 1.94 bits per heavy atom. The molecule has 104 valence electrons. The summed E-state index contributed by atoms with van der Waals surface area (Å²) in [5, 5.41) is 2.63. The third-order valence-electron chi connectivity index (χ3n) is 3.09. The Morgan fingerprint density at radius 3 is 2.39 bits per heavy atom. The van der Waals surface area contributed by atoms with Gasteiger partial charge in [-0.05, 0) is 12.3 Å². The number of alkyl halides is 2. The normalized spacial score (nSPS) is 24.9. The van der Waals surface area contributed by atoms with Crippen molar-refractivity contribution in [1.82, 2.24) is 10.2 Å². The van der Waals surface area contributed by atoms with E-state index >= 15 is 0 Å². The minimum Gasteiger partial charge on any atom is -0.342 e. The highest BCUT2D eigenvalue weighted by atomic mass is 19.3. The van der Waals surface area contributed by atoms with E-state index in [-0.39, 0.29) is 11.8 Å². The van der Waals surface area contributed by atoms with Gasteiger partial charge in [-0.3, -0.25) is 9.59 Å². The molecule has 0 radical (unpaired) electrons. The van der Waals surface area contributed by atoms with Gasteiger partial charge in [-0.15, -0.1) is 0 Å². The van der Waals surface area contributed by atoms with E-state index in [4.69, 9.17) is 0 Å². The summed E-state index contributed by atoms with van der Waals surface area (Å²) in [4.78, 5) is 25.0. The largest absolute Gasteiger partial charge is 0.342 e. The Balaban J connectivity index is 2.93. The van der Waals surface area contributed by atoms with Crippen molar-refractivity contribution in [2.45, 2.75) is 52.1 Å². The van der Waals surface area contributed by atoms with Gasteiger partial charge in [0, 0.05) is 0 Å². The summed E-state index contributed by atoms with van der Waals surface area (Å²) in [6.07, 6.45) is -1.54. The van der Waals surface area contributed by atoms with Crippen molar-refractivity contribution >= 4 is 11.8 Å². The van der Waals surface area contributed by atoms with Gasteiger partial charge in [-0.1, -0.05) is 27.2 Å². The van der Waals surface area contributed by atoms with Gasteiger partial charge < -0.3 is 10.2 Å². The lowest BCUT2D eigenvalue weighted by Gasteiger charge is -2.40. The molecule has 0 saturated carbocycles. The Bertz CT molecular complexity index is 321. The summed E-state index contributed by atoms with van der Waals surface area (Å²) in [6.45, 7) is 4.75. The molecule has 2 amide bonds. The van der Waals surface area contributed by atoms with Crippen LogP contribution >= 0.6 is 0 Å². The molecule has 1 rings (SSSR count). The average Bonchev–Trinajstić information content (AvgIpc) is 2.27. The second-order valence-electron chi connectivity index (χ2n) is 4.92. The predicted molar refractivity (Wildman–Crippen MR) is 63.2 cm³/mol. The maximum absolute atomic E-state index is 12.5. The lowest BCUT2D eigenvalue weighted by atomic mass is 9.96. The molecule has 1 aliphatic heterocycles. The Morgan fingerprint density at radius 1 is 1.33 bits per heavy atom. The maximum Gasteiger partial charge on any atom is 0.255 e. The van der Waals surface area contributed by atoms with Gasteiger partial charge >= 0.3 is 0 Å². The number of hydrogen-bond donors (Lipinski definition) is 1. The van der Waals surface area contributed by atoms with Gasteiger partial charge in [0.2, 0.25) is 11.8 Å². The molecule has 2 unspecified atom stereocenters. The van der Waals surface area contributed by atoms with Crippen molar-refractivity contribution in [3.05, 3.63) is 0 Å². The van der Waals surface area contributed by atoms with Gasteiger partial charge in [-0.2, -0.15) is 0 Å². The molecule has 0 aromatic heterocycles. The first-order valence-electron chi connectivity index (χ1n) is 6.27. The number of carbonyl (C=O) groups is 2. The van der Waals surface area contributed by atoms with E-state index in [2.05, 4.69) is 5.32 Å². The Labute approximate surface area is 106 Å². The molecule has 1 aliphatic rings. The number of nitrogens with zero attached hydrogens (tertiary/aromatic N) is 1. The zero-order valence-corrected chi connectivity index (χ0v) is 11.0. The van der Waals surface area contributed by atoms with Crippen LogP contribution in [0.25, 0.3) is 0 Å². The minimum atomic E-state index is -2.62. The van der Waals surface area contributed by atoms with Gasteiger partial charge in [0.1, 0.15) is 12.1 Å². The van der Waals surface area contributed by atoms with E-state index in [1.165, 1.54) is 0 Å². The molecule has 18 heavy (non-hydrogen) atoms. The van der Waals surface area contributed by atoms with Crippen molar-refractivity contribution in [1.29, 1.82) is 0 Å². The van der Waals surface area contributed by atoms with Crippen LogP contribution in [0.4, 0.5) is 8.78 Å². The first-order chi connectivity index (χ1) is 8.38. The van der Waals surface area contributed by atoms with Crippen molar-refractivity contribution in [3.63, 3.8) is 0 Å². The third kappa shape index (κ3) is 3.17. The molecular weight excluding hydrogens is 242 g/mol. The fraction of sp³-hybridized carbons (Fsp3) is 0.833. The fourth-order valence-electron chi connectivity index (χ4n) is 2.16. The van der Waals surface area contributed by atoms with E-state index in [1.54, 1.807) is 13.8 Å². The molecule has 1 saturated heterocycles. The van der Waals surface area contributed by atoms with Crippen LogP contribution in [0.15, 0.2) is 0 Å². The lowest BCUT2D eigenvalue weighted by molar-refractivity contribution is -0.153. The molecule has 4 nitrogen and oxygen atoms in total. The van der Waals surface area contributed by atoms with E-state index in [0.29, 0.717) is 12.8 Å². The van der Waals surface area contributed by atoms with Crippen molar-refractivity contribution in [2.75, 3.05) is 6.54 Å². The molecule has 2 atom stereocenters. The smallest absolute Gasteiger partial charge is 0.255 e. The summed E-state index contributed by atoms with van der Waals surface area (Å²) in [5.74, 6) is -0.830. The molecule has 1 heterocycles. The second kappa shape index (κ2) is 6.11. The van der Waals surface area contributed by atoms with Crippen molar-refractivity contribution in [2.24, 2.45) is 5.92 Å². The number of carbonyl (C=O) groups excluding carboxylic acids is 2. The summed E-state index contributed by atoms with van der Waals surface area (Å²) < 4.78 is 25.1. The SMILES string of the molecule is CCCC1C(=O)NC(C(C)C)C(=O)N1CC(F)F. The summed E-state index contributed by atoms with van der Waals surface area (Å²) in [5.41, 5.74) is 0. The highest BCUT2D eigenvalue weighted by Crippen LogP contribution is 2.19. The highest BCUT2D eigenvalue weighted by molar-refractivity contribution is 5.97. The Kier molecular flexibility index (Phi) is 5.04. The van der Waals surface area contributed by atoms with Crippen LogP contribution in [0.1, 0.15) is 33.6 Å². The molecule has 1 N–H and O–H groups in total. The van der Waals surface area contributed by atoms with Crippen LogP contribution in [-0.2, 0) is 9.59 Å². The maximum atomic E-state index is 12.5. The van der Waals surface area contributed by atoms with Crippen LogP contribution in [0.5, 0.6) is 0 Å². The number of halogens is 2. The molecule has 0 bridgehead atoms. The van der Waals surface area contributed by atoms with E-state index in [9.17, 15) is 18.4 Å². The number of hydrogen-bond acceptors (Lipinski definition) is 2. The first-order valence-corrected chi connectivity index (χ1v) is 6.27. The predicted octanol–water partition coefficient (Wildman–Crippen LogP) is 1.40. The minimum absolute atomic E-state index is 0.107. The summed E-state index contributed by atoms with van der Waals surface area (Å²) in [6, 6.07) is -1.45. The van der Waals surface area contributed by atoms with Crippen LogP contribution < -0.4 is 5.32 Å². The quantitative estimate of drug-likeness (QED) is 0.814. The molecule has 1 fully saturated rings. The van der Waals surface area contributed by atoms with Crippen molar-refractivity contribution < 1.29 is 18.4 Å². The van der Waals surface area contributed by atoms with Gasteiger partial charge in [0.05, 0.1) is 6.54 Å². The van der Waals surface area contributed by atoms with Gasteiger partial charge in [0.25, 0.3) is 6.43 Å². The third-order valence-corrected chi connectivity index (χ3v) is 3.09. The zero-order chi connectivity index (χ0) is 13.9. The standard InChI is InChI=1S/C12H20F2N2O2/c1-4-5-8-11(17)15-10(7(2)3)12(18)16(8)6-9(13)14/h7-10H,4-6H2,1-3H3,(H,15,17). The fourth-order valence-corrected chi connectivity index (χ4v) is 2.16. The number of nitrogens with one attached hydrogen (secondary N) is 1. The van der Waals surface area contributed by atoms with Gasteiger partial charge in [0.15, 0.2) is 0 Å². The zero-order valence-electron chi connectivity index (χ0n) is 11.0. The lowest BCUT2D eigenvalue weighted by Crippen LogP contribution is -2.65. The van der Waals surface area contributed by atoms with Crippen molar-refractivity contribution in [3.8, 4) is 0 Å². The Hall–Kier alpha value is -1.20.